The van der Waals surface area contributed by atoms with E-state index in [1.54, 1.807) is 30.3 Å². The van der Waals surface area contributed by atoms with Crippen LogP contribution in [0.4, 0.5) is 4.39 Å². The first kappa shape index (κ1) is 13.0. The first-order valence-electron chi connectivity index (χ1n) is 5.21. The van der Waals surface area contributed by atoms with E-state index in [2.05, 4.69) is 0 Å². The Kier molecular flexibility index (Phi) is 4.74. The second-order valence-electron chi connectivity index (χ2n) is 3.51. The number of esters is 1. The van der Waals surface area contributed by atoms with Gasteiger partial charge in [0.15, 0.2) is 0 Å². The van der Waals surface area contributed by atoms with Gasteiger partial charge in [0, 0.05) is 6.42 Å². The Bertz CT molecular complexity index is 338. The van der Waals surface area contributed by atoms with Crippen molar-refractivity contribution < 1.29 is 13.9 Å². The molecule has 2 nitrogen and oxygen atoms in total. The first-order chi connectivity index (χ1) is 7.56. The topological polar surface area (TPSA) is 26.3 Å². The van der Waals surface area contributed by atoms with Gasteiger partial charge >= 0.3 is 5.97 Å². The molecular weight excluding hydrogens is 231 g/mol. The molecule has 0 N–H and O–H groups in total. The van der Waals surface area contributed by atoms with Crippen LogP contribution in [0.3, 0.4) is 0 Å². The monoisotopic (exact) mass is 244 g/mol. The number of rotatable bonds is 5. The van der Waals surface area contributed by atoms with Gasteiger partial charge in [0.1, 0.15) is 5.75 Å². The van der Waals surface area contributed by atoms with Gasteiger partial charge in [-0.2, -0.15) is 0 Å². The molecule has 1 aromatic carbocycles. The van der Waals surface area contributed by atoms with Gasteiger partial charge in [0.05, 0.1) is 0 Å². The summed E-state index contributed by atoms with van der Waals surface area (Å²) >= 11 is 5.47. The molecule has 0 saturated heterocycles. The summed E-state index contributed by atoms with van der Waals surface area (Å²) in [6.07, 6.45) is 1.29. The number of benzene rings is 1. The number of carbonyl (C=O) groups is 1. The van der Waals surface area contributed by atoms with Crippen LogP contribution >= 0.6 is 11.6 Å². The van der Waals surface area contributed by atoms with E-state index in [9.17, 15) is 9.18 Å². The number of hydrogen-bond acceptors (Lipinski definition) is 2. The highest BCUT2D eigenvalue weighted by Crippen LogP contribution is 2.27. The van der Waals surface area contributed by atoms with E-state index in [4.69, 9.17) is 16.3 Å². The number of para-hydroxylation sites is 1. The zero-order valence-electron chi connectivity index (χ0n) is 9.08. The van der Waals surface area contributed by atoms with Gasteiger partial charge in [-0.1, -0.05) is 43.1 Å². The molecule has 16 heavy (non-hydrogen) atoms. The van der Waals surface area contributed by atoms with Crippen molar-refractivity contribution in [3.63, 3.8) is 0 Å². The molecule has 1 atom stereocenters. The molecule has 0 spiro atoms. The fourth-order valence-corrected chi connectivity index (χ4v) is 1.34. The number of hydrogen-bond donors (Lipinski definition) is 0. The van der Waals surface area contributed by atoms with E-state index in [0.717, 1.165) is 6.42 Å². The average molecular weight is 245 g/mol. The van der Waals surface area contributed by atoms with Crippen LogP contribution in [0.5, 0.6) is 5.75 Å². The minimum atomic E-state index is -2.42. The zero-order valence-corrected chi connectivity index (χ0v) is 9.84. The van der Waals surface area contributed by atoms with Crippen molar-refractivity contribution in [1.82, 2.24) is 0 Å². The third-order valence-corrected chi connectivity index (χ3v) is 2.44. The molecule has 4 heteroatoms. The smallest absolute Gasteiger partial charge is 0.365 e. The molecule has 1 unspecified atom stereocenters. The highest BCUT2D eigenvalue weighted by Gasteiger charge is 2.37. The second-order valence-corrected chi connectivity index (χ2v) is 4.11. The molecule has 0 heterocycles. The third kappa shape index (κ3) is 3.81. The molecule has 0 aromatic heterocycles. The summed E-state index contributed by atoms with van der Waals surface area (Å²) in [6, 6.07) is 8.32. The second kappa shape index (κ2) is 5.85. The lowest BCUT2D eigenvalue weighted by molar-refractivity contribution is -0.142. The van der Waals surface area contributed by atoms with Gasteiger partial charge in [-0.15, -0.1) is 0 Å². The number of halogens is 2. The maximum Gasteiger partial charge on any atom is 0.365 e. The van der Waals surface area contributed by atoms with Gasteiger partial charge in [0.25, 0.3) is 5.13 Å². The van der Waals surface area contributed by atoms with E-state index in [1.807, 2.05) is 6.92 Å². The molecule has 0 saturated carbocycles. The average Bonchev–Trinajstić information content (AvgIpc) is 2.28. The van der Waals surface area contributed by atoms with Crippen LogP contribution < -0.4 is 4.74 Å². The lowest BCUT2D eigenvalue weighted by Gasteiger charge is -2.15. The highest BCUT2D eigenvalue weighted by molar-refractivity contribution is 6.32. The quantitative estimate of drug-likeness (QED) is 0.449. The Labute approximate surface area is 99.4 Å². The molecule has 0 aliphatic rings. The Morgan fingerprint density at radius 1 is 1.44 bits per heavy atom. The summed E-state index contributed by atoms with van der Waals surface area (Å²) in [5.74, 6) is -0.750. The summed E-state index contributed by atoms with van der Waals surface area (Å²) in [5, 5.41) is -2.42. The Morgan fingerprint density at radius 2 is 2.06 bits per heavy atom. The summed E-state index contributed by atoms with van der Waals surface area (Å²) in [4.78, 5) is 11.4. The number of alkyl halides is 2. The first-order valence-corrected chi connectivity index (χ1v) is 5.59. The largest absolute Gasteiger partial charge is 0.423 e. The minimum absolute atomic E-state index is 0.0310. The van der Waals surface area contributed by atoms with Crippen molar-refractivity contribution in [1.29, 1.82) is 0 Å². The maximum atomic E-state index is 13.6. The van der Waals surface area contributed by atoms with Gasteiger partial charge in [-0.3, -0.25) is 0 Å². The Hall–Kier alpha value is -1.09. The molecule has 88 valence electrons. The van der Waals surface area contributed by atoms with Crippen LogP contribution in [0.25, 0.3) is 0 Å². The van der Waals surface area contributed by atoms with E-state index in [-0.39, 0.29) is 6.42 Å². The number of unbranched alkanes of at least 4 members (excludes halogenated alkanes) is 1. The van der Waals surface area contributed by atoms with Crippen LogP contribution in [0.2, 0.25) is 0 Å². The molecular formula is C12H14ClFO2. The van der Waals surface area contributed by atoms with Gasteiger partial charge < -0.3 is 4.74 Å². The van der Waals surface area contributed by atoms with E-state index in [1.165, 1.54) is 0 Å². The molecule has 0 amide bonds. The van der Waals surface area contributed by atoms with Crippen LogP contribution in [-0.2, 0) is 4.79 Å². The van der Waals surface area contributed by atoms with E-state index in [0.29, 0.717) is 12.2 Å². The summed E-state index contributed by atoms with van der Waals surface area (Å²) in [6.45, 7) is 1.90. The van der Waals surface area contributed by atoms with E-state index >= 15 is 0 Å². The lowest BCUT2D eigenvalue weighted by Crippen LogP contribution is -2.31. The molecule has 0 bridgehead atoms. The number of ether oxygens (including phenoxy) is 1. The normalized spacial score (nSPS) is 14.2. The van der Waals surface area contributed by atoms with Crippen molar-refractivity contribution in [2.24, 2.45) is 0 Å². The van der Waals surface area contributed by atoms with Crippen LogP contribution in [-0.4, -0.2) is 11.1 Å². The van der Waals surface area contributed by atoms with Gasteiger partial charge in [0.2, 0.25) is 0 Å². The highest BCUT2D eigenvalue weighted by atomic mass is 35.5. The van der Waals surface area contributed by atoms with Gasteiger partial charge in [-0.05, 0) is 18.6 Å². The number of carbonyl (C=O) groups excluding carboxylic acids is 1. The standard InChI is InChI=1S/C12H14ClFO2/c1-2-3-9-12(13,14)11(15)16-10-7-5-4-6-8-10/h4-8H,2-3,9H2,1H3. The summed E-state index contributed by atoms with van der Waals surface area (Å²) < 4.78 is 18.5. The Morgan fingerprint density at radius 3 is 2.62 bits per heavy atom. The summed E-state index contributed by atoms with van der Waals surface area (Å²) in [7, 11) is 0. The van der Waals surface area contributed by atoms with E-state index < -0.39 is 11.1 Å². The molecule has 0 aliphatic carbocycles. The Balaban J connectivity index is 2.58. The van der Waals surface area contributed by atoms with Crippen LogP contribution in [0, 0.1) is 0 Å². The minimum Gasteiger partial charge on any atom is -0.423 e. The van der Waals surface area contributed by atoms with Crippen LogP contribution in [0.1, 0.15) is 26.2 Å². The van der Waals surface area contributed by atoms with Crippen molar-refractivity contribution in [3.05, 3.63) is 30.3 Å². The summed E-state index contributed by atoms with van der Waals surface area (Å²) in [5.41, 5.74) is 0. The maximum absolute atomic E-state index is 13.6. The van der Waals surface area contributed by atoms with Crippen LogP contribution in [0.15, 0.2) is 30.3 Å². The van der Waals surface area contributed by atoms with Crippen molar-refractivity contribution in [2.45, 2.75) is 31.3 Å². The van der Waals surface area contributed by atoms with Gasteiger partial charge in [-0.25, -0.2) is 9.18 Å². The molecule has 1 rings (SSSR count). The van der Waals surface area contributed by atoms with Crippen molar-refractivity contribution in [2.75, 3.05) is 0 Å². The molecule has 1 aromatic rings. The predicted molar refractivity (Wildman–Crippen MR) is 61.3 cm³/mol. The zero-order chi connectivity index (χ0) is 12.0. The molecule has 0 radical (unpaired) electrons. The molecule has 0 fully saturated rings. The predicted octanol–water partition coefficient (Wildman–Crippen LogP) is 3.69. The SMILES string of the molecule is CCCCC(F)(Cl)C(=O)Oc1ccccc1. The van der Waals surface area contributed by atoms with Crippen molar-refractivity contribution >= 4 is 17.6 Å². The fraction of sp³-hybridized carbons (Fsp3) is 0.417. The van der Waals surface area contributed by atoms with Crippen molar-refractivity contribution in [3.8, 4) is 5.75 Å². The fourth-order valence-electron chi connectivity index (χ4n) is 1.17. The molecule has 0 aliphatic heterocycles. The lowest BCUT2D eigenvalue weighted by atomic mass is 10.2. The third-order valence-electron chi connectivity index (χ3n) is 2.10.